The van der Waals surface area contributed by atoms with E-state index in [1.54, 1.807) is 27.7 Å². The molecule has 0 radical (unpaired) electrons. The van der Waals surface area contributed by atoms with E-state index in [-0.39, 0.29) is 16.3 Å². The largest absolute Gasteiger partial charge is 0.410 e. The lowest BCUT2D eigenvalue weighted by Gasteiger charge is -2.22. The van der Waals surface area contributed by atoms with Crippen LogP contribution in [-0.4, -0.2) is 33.7 Å². The van der Waals surface area contributed by atoms with E-state index in [0.717, 1.165) is 0 Å². The van der Waals surface area contributed by atoms with Gasteiger partial charge in [0.15, 0.2) is 5.11 Å². The summed E-state index contributed by atoms with van der Waals surface area (Å²) in [6, 6.07) is 0. The molecule has 0 heterocycles. The van der Waals surface area contributed by atoms with Crippen molar-refractivity contribution in [2.24, 2.45) is 16.0 Å². The molecule has 0 aliphatic heterocycles. The number of nitrogens with two attached hydrogens (primary N) is 1. The number of hydrazone groups is 1. The number of nitrogens with zero attached hydrogens (tertiary/aromatic N) is 2. The van der Waals surface area contributed by atoms with Gasteiger partial charge >= 0.3 is 7.60 Å². The zero-order valence-corrected chi connectivity index (χ0v) is 13.9. The van der Waals surface area contributed by atoms with Gasteiger partial charge in [-0.1, -0.05) is 5.16 Å². The van der Waals surface area contributed by atoms with E-state index in [1.807, 2.05) is 0 Å². The van der Waals surface area contributed by atoms with Crippen molar-refractivity contribution < 1.29 is 18.8 Å². The first-order valence-electron chi connectivity index (χ1n) is 5.92. The minimum Gasteiger partial charge on any atom is -0.410 e. The normalized spacial score (nSPS) is 13.9. The molecule has 0 aromatic heterocycles. The molecule has 10 heteroatoms. The molecule has 0 atom stereocenters. The van der Waals surface area contributed by atoms with Gasteiger partial charge in [0.25, 0.3) is 0 Å². The number of hydrogen-bond acceptors (Lipinski definition) is 7. The maximum atomic E-state index is 12.7. The molecule has 0 aliphatic carbocycles. The molecular weight excluding hydrogens is 303 g/mol. The van der Waals surface area contributed by atoms with Crippen molar-refractivity contribution in [3.8, 4) is 0 Å². The Balaban J connectivity index is 5.46. The van der Waals surface area contributed by atoms with Crippen LogP contribution in [0, 0.1) is 0 Å². The predicted molar refractivity (Wildman–Crippen MR) is 82.3 cm³/mol. The molecule has 0 aliphatic rings. The molecule has 0 bridgehead atoms. The van der Waals surface area contributed by atoms with Gasteiger partial charge in [-0.05, 0) is 46.8 Å². The lowest BCUT2D eigenvalue weighted by molar-refractivity contribution is 0.152. The van der Waals surface area contributed by atoms with Crippen LogP contribution in [-0.2, 0) is 13.6 Å². The Morgan fingerprint density at radius 3 is 2.05 bits per heavy atom. The summed E-state index contributed by atoms with van der Waals surface area (Å²) in [7, 11) is -3.81. The van der Waals surface area contributed by atoms with E-state index in [1.165, 1.54) is 6.92 Å². The Hall–Kier alpha value is -1.02. The smallest absolute Gasteiger partial charge is 0.385 e. The van der Waals surface area contributed by atoms with Crippen molar-refractivity contribution in [1.82, 2.24) is 5.43 Å². The SMILES string of the molecule is CC(=N\NC(N)=S)/C(=N/O)P(=O)(OC(C)C)OC(C)C. The third kappa shape index (κ3) is 6.42. The Labute approximate surface area is 123 Å². The van der Waals surface area contributed by atoms with E-state index in [2.05, 4.69) is 27.9 Å². The van der Waals surface area contributed by atoms with Crippen molar-refractivity contribution in [2.45, 2.75) is 46.8 Å². The molecule has 116 valence electrons. The lowest BCUT2D eigenvalue weighted by Crippen LogP contribution is -2.27. The second-order valence-corrected chi connectivity index (χ2v) is 6.68. The minimum absolute atomic E-state index is 0.0778. The Morgan fingerprint density at radius 2 is 1.75 bits per heavy atom. The first-order valence-corrected chi connectivity index (χ1v) is 7.87. The second-order valence-electron chi connectivity index (χ2n) is 4.40. The summed E-state index contributed by atoms with van der Waals surface area (Å²) in [6.45, 7) is 8.20. The third-order valence-corrected chi connectivity index (χ3v) is 4.13. The van der Waals surface area contributed by atoms with Gasteiger partial charge in [-0.3, -0.25) is 9.99 Å². The van der Waals surface area contributed by atoms with Crippen LogP contribution in [0.3, 0.4) is 0 Å². The van der Waals surface area contributed by atoms with Gasteiger partial charge in [0.2, 0.25) is 5.45 Å². The quantitative estimate of drug-likeness (QED) is 0.215. The highest BCUT2D eigenvalue weighted by atomic mass is 32.1. The molecule has 0 rings (SSSR count). The lowest BCUT2D eigenvalue weighted by atomic mass is 10.5. The van der Waals surface area contributed by atoms with Crippen LogP contribution in [0.5, 0.6) is 0 Å². The van der Waals surface area contributed by atoms with Crippen LogP contribution < -0.4 is 11.2 Å². The van der Waals surface area contributed by atoms with Crippen LogP contribution in [0.15, 0.2) is 10.3 Å². The van der Waals surface area contributed by atoms with Gasteiger partial charge in [-0.15, -0.1) is 0 Å². The molecule has 0 saturated carbocycles. The van der Waals surface area contributed by atoms with Crippen molar-refractivity contribution in [1.29, 1.82) is 0 Å². The van der Waals surface area contributed by atoms with Gasteiger partial charge in [-0.2, -0.15) is 5.10 Å². The number of hydrogen-bond donors (Lipinski definition) is 3. The zero-order valence-electron chi connectivity index (χ0n) is 12.2. The summed E-state index contributed by atoms with van der Waals surface area (Å²) in [5, 5.41) is 15.8. The monoisotopic (exact) mass is 324 g/mol. The van der Waals surface area contributed by atoms with Crippen molar-refractivity contribution >= 4 is 36.1 Å². The molecule has 0 unspecified atom stereocenters. The fourth-order valence-electron chi connectivity index (χ4n) is 1.19. The molecule has 8 nitrogen and oxygen atoms in total. The van der Waals surface area contributed by atoms with Crippen LogP contribution in [0.1, 0.15) is 34.6 Å². The summed E-state index contributed by atoms with van der Waals surface area (Å²) in [5.41, 5.74) is 7.33. The van der Waals surface area contributed by atoms with Crippen LogP contribution in [0.4, 0.5) is 0 Å². The van der Waals surface area contributed by atoms with Gasteiger partial charge in [0.05, 0.1) is 17.9 Å². The fraction of sp³-hybridized carbons (Fsp3) is 0.700. The molecule has 0 spiro atoms. The molecule has 0 aromatic carbocycles. The Bertz CT molecular complexity index is 437. The van der Waals surface area contributed by atoms with Gasteiger partial charge in [0.1, 0.15) is 0 Å². The van der Waals surface area contributed by atoms with Gasteiger partial charge in [-0.25, -0.2) is 0 Å². The number of rotatable bonds is 7. The van der Waals surface area contributed by atoms with Crippen molar-refractivity contribution in [3.05, 3.63) is 0 Å². The molecule has 4 N–H and O–H groups in total. The Morgan fingerprint density at radius 1 is 1.30 bits per heavy atom. The summed E-state index contributed by atoms with van der Waals surface area (Å²) >= 11 is 4.60. The molecular formula is C10H21N4O4PS. The maximum absolute atomic E-state index is 12.7. The van der Waals surface area contributed by atoms with Crippen LogP contribution in [0.2, 0.25) is 0 Å². The first-order chi connectivity index (χ1) is 9.12. The first kappa shape index (κ1) is 19.0. The topological polar surface area (TPSA) is 119 Å². The summed E-state index contributed by atoms with van der Waals surface area (Å²) < 4.78 is 23.3. The van der Waals surface area contributed by atoms with Crippen molar-refractivity contribution in [2.75, 3.05) is 0 Å². The molecule has 0 amide bonds. The molecule has 0 saturated heterocycles. The fourth-order valence-corrected chi connectivity index (χ4v) is 3.16. The van der Waals surface area contributed by atoms with E-state index in [4.69, 9.17) is 20.0 Å². The molecule has 0 aromatic rings. The highest BCUT2D eigenvalue weighted by Crippen LogP contribution is 2.52. The second kappa shape index (κ2) is 8.31. The van der Waals surface area contributed by atoms with Gasteiger partial charge in [0, 0.05) is 0 Å². The maximum Gasteiger partial charge on any atom is 0.385 e. The average molecular weight is 324 g/mol. The molecule has 0 fully saturated rings. The van der Waals surface area contributed by atoms with Crippen molar-refractivity contribution in [3.63, 3.8) is 0 Å². The standard InChI is InChI=1S/C10H21N4O4PS/c1-6(2)17-19(16,18-7(3)4)9(14-15)8(5)12-13-10(11)20/h6-7,15H,1-5H3,(H3,11,13,20)/b12-8+,14-9-. The van der Waals surface area contributed by atoms with Crippen LogP contribution in [0.25, 0.3) is 0 Å². The summed E-state index contributed by atoms with van der Waals surface area (Å²) in [4.78, 5) is 0. The average Bonchev–Trinajstić information content (AvgIpc) is 2.24. The van der Waals surface area contributed by atoms with Gasteiger partial charge < -0.3 is 20.0 Å². The highest BCUT2D eigenvalue weighted by molar-refractivity contribution is 7.80. The molecule has 20 heavy (non-hydrogen) atoms. The van der Waals surface area contributed by atoms with Crippen LogP contribution >= 0.6 is 19.8 Å². The number of thiocarbonyl (C=S) groups is 1. The van der Waals surface area contributed by atoms with E-state index in [0.29, 0.717) is 0 Å². The minimum atomic E-state index is -3.81. The summed E-state index contributed by atoms with van der Waals surface area (Å²) in [5.74, 6) is 0. The van der Waals surface area contributed by atoms with E-state index >= 15 is 0 Å². The Kier molecular flexibility index (Phi) is 7.88. The number of nitrogens with one attached hydrogen (secondary N) is 1. The van der Waals surface area contributed by atoms with E-state index in [9.17, 15) is 4.57 Å². The zero-order chi connectivity index (χ0) is 15.9. The number of oxime groups is 1. The van der Waals surface area contributed by atoms with E-state index < -0.39 is 19.8 Å². The third-order valence-electron chi connectivity index (χ3n) is 1.71. The summed E-state index contributed by atoms with van der Waals surface area (Å²) in [6.07, 6.45) is -0.791. The predicted octanol–water partition coefficient (Wildman–Crippen LogP) is 2.03. The highest BCUT2D eigenvalue weighted by Gasteiger charge is 2.37.